The minimum atomic E-state index is -1.25. The topological polar surface area (TPSA) is 93.6 Å². The molecule has 3 saturated heterocycles. The van der Waals surface area contributed by atoms with E-state index in [2.05, 4.69) is 47.8 Å². The van der Waals surface area contributed by atoms with E-state index >= 15 is 0 Å². The molecular formula is C36H45BrN4O5. The SMILES string of the molecule is C=CCN(Cc1ccccc1)C(=O)[C@H]1[C@H]2C(=O)N([C@H](C)CO)C(C(=O)N(CC=C)c3ccc(N(CC)CC)cc3)C23CC(Br)[C@@H]1O3. The van der Waals surface area contributed by atoms with Gasteiger partial charge in [0.15, 0.2) is 0 Å². The molecule has 0 saturated carbocycles. The highest BCUT2D eigenvalue weighted by Gasteiger charge is 2.77. The molecule has 3 aliphatic heterocycles. The van der Waals surface area contributed by atoms with Gasteiger partial charge in [-0.2, -0.15) is 0 Å². The van der Waals surface area contributed by atoms with E-state index in [1.165, 1.54) is 4.90 Å². The van der Waals surface area contributed by atoms with Gasteiger partial charge in [0.1, 0.15) is 11.6 Å². The van der Waals surface area contributed by atoms with Crippen molar-refractivity contribution in [2.75, 3.05) is 42.6 Å². The van der Waals surface area contributed by atoms with Crippen LogP contribution in [0.5, 0.6) is 0 Å². The zero-order valence-electron chi connectivity index (χ0n) is 26.9. The molecule has 3 fully saturated rings. The summed E-state index contributed by atoms with van der Waals surface area (Å²) >= 11 is 3.77. The predicted octanol–water partition coefficient (Wildman–Crippen LogP) is 4.40. The van der Waals surface area contributed by atoms with E-state index < -0.39 is 35.6 Å². The Hall–Kier alpha value is -3.47. The quantitative estimate of drug-likeness (QED) is 0.233. The summed E-state index contributed by atoms with van der Waals surface area (Å²) in [6.45, 7) is 15.9. The molecule has 0 aromatic heterocycles. The second-order valence-corrected chi connectivity index (χ2v) is 13.5. The molecule has 3 amide bonds. The van der Waals surface area contributed by atoms with Gasteiger partial charge in [0.05, 0.1) is 30.6 Å². The minimum absolute atomic E-state index is 0.210. The van der Waals surface area contributed by atoms with E-state index in [0.29, 0.717) is 25.2 Å². The normalized spacial score (nSPS) is 26.8. The van der Waals surface area contributed by atoms with Gasteiger partial charge in [-0.15, -0.1) is 13.2 Å². The molecular weight excluding hydrogens is 648 g/mol. The minimum Gasteiger partial charge on any atom is -0.394 e. The number of carbonyl (C=O) groups is 3. The van der Waals surface area contributed by atoms with Crippen LogP contribution in [0.2, 0.25) is 0 Å². The smallest absolute Gasteiger partial charge is 0.253 e. The van der Waals surface area contributed by atoms with Gasteiger partial charge in [-0.05, 0) is 57.0 Å². The van der Waals surface area contributed by atoms with Crippen molar-refractivity contribution < 1.29 is 24.2 Å². The maximum atomic E-state index is 14.8. The Morgan fingerprint density at radius 1 is 1.04 bits per heavy atom. The third kappa shape index (κ3) is 5.80. The molecule has 0 radical (unpaired) electrons. The van der Waals surface area contributed by atoms with Crippen molar-refractivity contribution in [3.63, 3.8) is 0 Å². The number of likely N-dealkylation sites (tertiary alicyclic amines) is 1. The fraction of sp³-hybridized carbons (Fsp3) is 0.472. The van der Waals surface area contributed by atoms with Crippen LogP contribution in [-0.2, 0) is 25.7 Å². The van der Waals surface area contributed by atoms with E-state index in [-0.39, 0.29) is 35.7 Å². The van der Waals surface area contributed by atoms with E-state index in [9.17, 15) is 19.5 Å². The van der Waals surface area contributed by atoms with Crippen LogP contribution in [0.15, 0.2) is 79.9 Å². The zero-order chi connectivity index (χ0) is 33.2. The summed E-state index contributed by atoms with van der Waals surface area (Å²) in [6, 6.07) is 15.8. The fourth-order valence-corrected chi connectivity index (χ4v) is 8.57. The molecule has 2 aromatic rings. The summed E-state index contributed by atoms with van der Waals surface area (Å²) in [6.07, 6.45) is 3.13. The van der Waals surface area contributed by atoms with Crippen LogP contribution in [0.4, 0.5) is 11.4 Å². The van der Waals surface area contributed by atoms with Gasteiger partial charge in [-0.25, -0.2) is 0 Å². The second kappa shape index (κ2) is 14.1. The number of fused-ring (bicyclic) bond motifs is 1. The van der Waals surface area contributed by atoms with Gasteiger partial charge >= 0.3 is 0 Å². The van der Waals surface area contributed by atoms with Crippen LogP contribution in [0.25, 0.3) is 0 Å². The molecule has 1 spiro atoms. The number of aliphatic hydroxyl groups excluding tert-OH is 1. The number of ether oxygens (including phenoxy) is 1. The summed E-state index contributed by atoms with van der Waals surface area (Å²) in [7, 11) is 0. The second-order valence-electron chi connectivity index (χ2n) is 12.4. The van der Waals surface area contributed by atoms with Gasteiger partial charge in [-0.3, -0.25) is 14.4 Å². The fourth-order valence-electron chi connectivity index (χ4n) is 7.63. The number of benzene rings is 2. The largest absolute Gasteiger partial charge is 0.394 e. The number of hydrogen-bond acceptors (Lipinski definition) is 6. The molecule has 1 N–H and O–H groups in total. The summed E-state index contributed by atoms with van der Waals surface area (Å²) < 4.78 is 6.74. The molecule has 246 valence electrons. The van der Waals surface area contributed by atoms with Crippen molar-refractivity contribution in [3.8, 4) is 0 Å². The third-order valence-electron chi connectivity index (χ3n) is 9.73. The first-order valence-corrected chi connectivity index (χ1v) is 17.0. The first kappa shape index (κ1) is 33.9. The predicted molar refractivity (Wildman–Crippen MR) is 184 cm³/mol. The Morgan fingerprint density at radius 2 is 1.67 bits per heavy atom. The standard InChI is InChI=1S/C36H45BrN4O5/c1-6-19-39(22-25-13-11-10-12-14-25)33(43)29-30-34(44)41(24(5)23-42)32(36(30)21-28(37)31(29)46-36)35(45)40(20-7-2)27-17-15-26(16-18-27)38(8-3)9-4/h6-7,10-18,24,28-32,42H,1-2,8-9,19-23H2,3-5H3/t24-,28?,29+,30+,31+,32?,36?/m1/s1. The third-order valence-corrected chi connectivity index (χ3v) is 10.6. The van der Waals surface area contributed by atoms with Crippen LogP contribution in [-0.4, -0.2) is 94.0 Å². The van der Waals surface area contributed by atoms with Crippen LogP contribution in [0.3, 0.4) is 0 Å². The average molecular weight is 694 g/mol. The van der Waals surface area contributed by atoms with Crippen LogP contribution >= 0.6 is 15.9 Å². The maximum Gasteiger partial charge on any atom is 0.253 e. The number of rotatable bonds is 14. The molecule has 2 bridgehead atoms. The molecule has 7 atom stereocenters. The Bertz CT molecular complexity index is 1430. The highest BCUT2D eigenvalue weighted by atomic mass is 79.9. The first-order valence-electron chi connectivity index (χ1n) is 16.1. The number of alkyl halides is 1. The van der Waals surface area contributed by atoms with Crippen molar-refractivity contribution in [2.24, 2.45) is 11.8 Å². The van der Waals surface area contributed by atoms with E-state index in [1.807, 2.05) is 54.6 Å². The lowest BCUT2D eigenvalue weighted by Gasteiger charge is -2.38. The van der Waals surface area contributed by atoms with Crippen molar-refractivity contribution in [1.82, 2.24) is 9.80 Å². The van der Waals surface area contributed by atoms with Gasteiger partial charge < -0.3 is 29.4 Å². The Morgan fingerprint density at radius 3 is 2.26 bits per heavy atom. The number of nitrogens with zero attached hydrogens (tertiary/aromatic N) is 4. The van der Waals surface area contributed by atoms with Crippen molar-refractivity contribution in [3.05, 3.63) is 85.5 Å². The van der Waals surface area contributed by atoms with E-state index in [0.717, 1.165) is 24.3 Å². The van der Waals surface area contributed by atoms with Crippen LogP contribution < -0.4 is 9.80 Å². The number of halogens is 1. The van der Waals surface area contributed by atoms with Crippen LogP contribution in [0, 0.1) is 11.8 Å². The summed E-state index contributed by atoms with van der Waals surface area (Å²) in [5, 5.41) is 10.3. The highest BCUT2D eigenvalue weighted by molar-refractivity contribution is 9.09. The lowest BCUT2D eigenvalue weighted by molar-refractivity contribution is -0.147. The summed E-state index contributed by atoms with van der Waals surface area (Å²) in [4.78, 5) is 50.5. The number of hydrogen-bond donors (Lipinski definition) is 1. The van der Waals surface area contributed by atoms with Crippen molar-refractivity contribution in [2.45, 2.75) is 62.4 Å². The Labute approximate surface area is 280 Å². The maximum absolute atomic E-state index is 14.8. The van der Waals surface area contributed by atoms with Gasteiger partial charge in [0.2, 0.25) is 11.8 Å². The molecule has 3 aliphatic rings. The zero-order valence-corrected chi connectivity index (χ0v) is 28.5. The van der Waals surface area contributed by atoms with Gasteiger partial charge in [-0.1, -0.05) is 58.4 Å². The average Bonchev–Trinajstić information content (AvgIpc) is 3.67. The molecule has 3 heterocycles. The number of amides is 3. The summed E-state index contributed by atoms with van der Waals surface area (Å²) in [5.74, 6) is -2.55. The molecule has 10 heteroatoms. The number of aliphatic hydroxyl groups is 1. The lowest BCUT2D eigenvalue weighted by Crippen LogP contribution is -2.59. The van der Waals surface area contributed by atoms with Crippen molar-refractivity contribution in [1.29, 1.82) is 0 Å². The van der Waals surface area contributed by atoms with E-state index in [1.54, 1.807) is 28.9 Å². The lowest BCUT2D eigenvalue weighted by atomic mass is 9.70. The molecule has 2 aromatic carbocycles. The van der Waals surface area contributed by atoms with Crippen LogP contribution in [0.1, 0.15) is 32.8 Å². The number of carbonyl (C=O) groups excluding carboxylic acids is 3. The molecule has 5 rings (SSSR count). The number of anilines is 2. The van der Waals surface area contributed by atoms with Gasteiger partial charge in [0, 0.05) is 48.9 Å². The monoisotopic (exact) mass is 692 g/mol. The van der Waals surface area contributed by atoms with Crippen molar-refractivity contribution >= 4 is 45.0 Å². The first-order chi connectivity index (χ1) is 22.2. The summed E-state index contributed by atoms with van der Waals surface area (Å²) in [5.41, 5.74) is 1.43. The Balaban J connectivity index is 1.54. The van der Waals surface area contributed by atoms with Gasteiger partial charge in [0.25, 0.3) is 5.91 Å². The van der Waals surface area contributed by atoms with E-state index in [4.69, 9.17) is 4.74 Å². The molecule has 9 nitrogen and oxygen atoms in total. The highest BCUT2D eigenvalue weighted by Crippen LogP contribution is 2.61. The Kier molecular flexibility index (Phi) is 10.4. The molecule has 46 heavy (non-hydrogen) atoms. The molecule has 0 aliphatic carbocycles. The molecule has 3 unspecified atom stereocenters.